The van der Waals surface area contributed by atoms with Gasteiger partial charge in [-0.3, -0.25) is 0 Å². The molecule has 0 amide bonds. The van der Waals surface area contributed by atoms with Crippen molar-refractivity contribution >= 4 is 34.2 Å². The topological polar surface area (TPSA) is 79.2 Å². The zero-order valence-corrected chi connectivity index (χ0v) is 18.9. The first-order chi connectivity index (χ1) is 13.3. The van der Waals surface area contributed by atoms with Gasteiger partial charge in [-0.2, -0.15) is 0 Å². The van der Waals surface area contributed by atoms with Gasteiger partial charge in [0, 0.05) is 5.41 Å². The van der Waals surface area contributed by atoms with Gasteiger partial charge < -0.3 is 24.8 Å². The second-order valence-corrected chi connectivity index (χ2v) is 8.53. The Hall–Kier alpha value is -1.06. The van der Waals surface area contributed by atoms with Gasteiger partial charge in [0.2, 0.25) is 0 Å². The molecule has 0 aromatic heterocycles. The summed E-state index contributed by atoms with van der Waals surface area (Å²) in [4.78, 5) is 0. The highest BCUT2D eigenvalue weighted by atomic mass is 127. The van der Waals surface area contributed by atoms with Gasteiger partial charge in [0.1, 0.15) is 36.9 Å². The van der Waals surface area contributed by atoms with Crippen molar-refractivity contribution in [3.63, 3.8) is 0 Å². The number of benzene rings is 2. The minimum Gasteiger partial charge on any atom is -0.491 e. The second-order valence-electron chi connectivity index (χ2n) is 7.06. The summed E-state index contributed by atoms with van der Waals surface area (Å²) in [5.41, 5.74) is 2.01. The molecule has 0 aliphatic carbocycles. The van der Waals surface area contributed by atoms with Crippen LogP contribution in [0.4, 0.5) is 0 Å². The Morgan fingerprint density at radius 2 is 1.57 bits per heavy atom. The smallest absolute Gasteiger partial charge is 0.132 e. The maximum absolute atomic E-state index is 9.55. The molecule has 0 bridgehead atoms. The lowest BCUT2D eigenvalue weighted by molar-refractivity contribution is 0.0536. The Kier molecular flexibility index (Phi) is 8.82. The normalized spacial score (nSPS) is 13.8. The second kappa shape index (κ2) is 10.6. The molecule has 0 saturated carbocycles. The van der Waals surface area contributed by atoms with Crippen molar-refractivity contribution in [3.05, 3.63) is 57.2 Å². The zero-order valence-electron chi connectivity index (χ0n) is 15.9. The van der Waals surface area contributed by atoms with Crippen LogP contribution >= 0.6 is 34.2 Å². The Labute approximate surface area is 184 Å². The highest BCUT2D eigenvalue weighted by Gasteiger charge is 2.24. The van der Waals surface area contributed by atoms with Gasteiger partial charge in [-0.25, -0.2) is 0 Å². The number of aliphatic hydroxyl groups excluding tert-OH is 3. The minimum absolute atomic E-state index is 0.0529. The third kappa shape index (κ3) is 6.22. The summed E-state index contributed by atoms with van der Waals surface area (Å²) < 4.78 is 12.1. The molecule has 0 spiro atoms. The average Bonchev–Trinajstić information content (AvgIpc) is 2.70. The number of hydrogen-bond acceptors (Lipinski definition) is 5. The van der Waals surface area contributed by atoms with E-state index >= 15 is 0 Å². The summed E-state index contributed by atoms with van der Waals surface area (Å²) in [6.45, 7) is 4.17. The van der Waals surface area contributed by atoms with E-state index in [2.05, 4.69) is 42.5 Å². The van der Waals surface area contributed by atoms with Crippen molar-refractivity contribution in [1.29, 1.82) is 0 Å². The van der Waals surface area contributed by atoms with Crippen molar-refractivity contribution in [2.24, 2.45) is 0 Å². The van der Waals surface area contributed by atoms with E-state index in [1.807, 2.05) is 36.4 Å². The largest absolute Gasteiger partial charge is 0.491 e. The van der Waals surface area contributed by atoms with E-state index in [9.17, 15) is 10.2 Å². The Balaban J connectivity index is 2.11. The highest BCUT2D eigenvalue weighted by molar-refractivity contribution is 14.1. The molecule has 154 valence electrons. The van der Waals surface area contributed by atoms with Crippen LogP contribution in [-0.2, 0) is 5.41 Å². The van der Waals surface area contributed by atoms with Crippen molar-refractivity contribution in [1.82, 2.24) is 0 Å². The third-order valence-corrected chi connectivity index (χ3v) is 5.69. The fraction of sp³-hybridized carbons (Fsp3) is 0.429. The average molecular weight is 521 g/mol. The van der Waals surface area contributed by atoms with Crippen molar-refractivity contribution in [3.8, 4) is 11.5 Å². The Bertz CT molecular complexity index is 751. The lowest BCUT2D eigenvalue weighted by Crippen LogP contribution is -2.22. The molecular weight excluding hydrogens is 495 g/mol. The zero-order chi connectivity index (χ0) is 20.7. The molecule has 3 N–H and O–H groups in total. The van der Waals surface area contributed by atoms with Crippen LogP contribution < -0.4 is 9.47 Å². The summed E-state index contributed by atoms with van der Waals surface area (Å²) >= 11 is 7.83. The fourth-order valence-electron chi connectivity index (χ4n) is 2.62. The molecule has 0 unspecified atom stereocenters. The van der Waals surface area contributed by atoms with E-state index in [-0.39, 0.29) is 31.1 Å². The monoisotopic (exact) mass is 520 g/mol. The maximum atomic E-state index is 9.55. The van der Waals surface area contributed by atoms with Gasteiger partial charge in [0.25, 0.3) is 0 Å². The number of halogens is 2. The Morgan fingerprint density at radius 1 is 0.964 bits per heavy atom. The lowest BCUT2D eigenvalue weighted by atomic mass is 9.78. The molecule has 28 heavy (non-hydrogen) atoms. The van der Waals surface area contributed by atoms with Gasteiger partial charge >= 0.3 is 0 Å². The SMILES string of the molecule is CC(C)(c1ccc(OC[C@H](O)CO)cc1)c1ccc(OC[C@H](O)CCl)c(I)c1. The number of hydrogen-bond donors (Lipinski definition) is 3. The van der Waals surface area contributed by atoms with Crippen LogP contribution in [0.15, 0.2) is 42.5 Å². The summed E-state index contributed by atoms with van der Waals surface area (Å²) in [5, 5.41) is 27.8. The molecule has 0 saturated heterocycles. The predicted molar refractivity (Wildman–Crippen MR) is 119 cm³/mol. The molecule has 2 aromatic carbocycles. The van der Waals surface area contributed by atoms with E-state index in [4.69, 9.17) is 26.2 Å². The van der Waals surface area contributed by atoms with Crippen molar-refractivity contribution < 1.29 is 24.8 Å². The summed E-state index contributed by atoms with van der Waals surface area (Å²) in [6.07, 6.45) is -1.57. The molecule has 0 aliphatic heterocycles. The molecule has 0 heterocycles. The summed E-state index contributed by atoms with van der Waals surface area (Å²) in [5.74, 6) is 1.50. The first kappa shape index (κ1) is 23.2. The van der Waals surface area contributed by atoms with E-state index in [0.29, 0.717) is 5.75 Å². The fourth-order valence-corrected chi connectivity index (χ4v) is 3.38. The van der Waals surface area contributed by atoms with Gasteiger partial charge in [0.05, 0.1) is 16.1 Å². The molecule has 0 radical (unpaired) electrons. The lowest BCUT2D eigenvalue weighted by Gasteiger charge is -2.27. The highest BCUT2D eigenvalue weighted by Crippen LogP contribution is 2.35. The van der Waals surface area contributed by atoms with Crippen molar-refractivity contribution in [2.45, 2.75) is 31.5 Å². The van der Waals surface area contributed by atoms with Gasteiger partial charge in [0.15, 0.2) is 0 Å². The number of aliphatic hydroxyl groups is 3. The Morgan fingerprint density at radius 3 is 2.14 bits per heavy atom. The van der Waals surface area contributed by atoms with E-state index in [0.717, 1.165) is 20.4 Å². The van der Waals surface area contributed by atoms with E-state index in [1.165, 1.54) is 0 Å². The van der Waals surface area contributed by atoms with Gasteiger partial charge in [-0.1, -0.05) is 32.0 Å². The van der Waals surface area contributed by atoms with Crippen LogP contribution in [0, 0.1) is 3.57 Å². The van der Waals surface area contributed by atoms with E-state index in [1.54, 1.807) is 0 Å². The van der Waals surface area contributed by atoms with Crippen LogP contribution in [0.1, 0.15) is 25.0 Å². The van der Waals surface area contributed by atoms with E-state index < -0.39 is 12.2 Å². The van der Waals surface area contributed by atoms with Crippen LogP contribution in [-0.4, -0.2) is 53.2 Å². The first-order valence-corrected chi connectivity index (χ1v) is 10.6. The van der Waals surface area contributed by atoms with Crippen LogP contribution in [0.3, 0.4) is 0 Å². The van der Waals surface area contributed by atoms with Crippen LogP contribution in [0.5, 0.6) is 11.5 Å². The minimum atomic E-state index is -0.885. The van der Waals surface area contributed by atoms with Crippen LogP contribution in [0.2, 0.25) is 0 Å². The number of alkyl halides is 1. The van der Waals surface area contributed by atoms with Gasteiger partial charge in [-0.05, 0) is 58.0 Å². The van der Waals surface area contributed by atoms with Crippen LogP contribution in [0.25, 0.3) is 0 Å². The molecular formula is C21H26ClIO5. The third-order valence-electron chi connectivity index (χ3n) is 4.49. The standard InChI is InChI=1S/C21H26ClIO5/c1-21(2,14-3-6-18(7-4-14)27-13-17(26)11-24)15-5-8-20(19(23)9-15)28-12-16(25)10-22/h3-9,16-17,24-26H,10-13H2,1-2H3/t16-,17-/m1/s1. The number of rotatable bonds is 10. The molecule has 7 heteroatoms. The molecule has 0 fully saturated rings. The molecule has 5 nitrogen and oxygen atoms in total. The van der Waals surface area contributed by atoms with Gasteiger partial charge in [-0.15, -0.1) is 11.6 Å². The summed E-state index contributed by atoms with van der Waals surface area (Å²) in [6, 6.07) is 13.7. The molecule has 0 aliphatic rings. The quantitative estimate of drug-likeness (QED) is 0.331. The molecule has 2 aromatic rings. The molecule has 2 rings (SSSR count). The van der Waals surface area contributed by atoms with Crippen molar-refractivity contribution in [2.75, 3.05) is 25.7 Å². The predicted octanol–water partition coefficient (Wildman–Crippen LogP) is 3.33. The number of ether oxygens (including phenoxy) is 2. The maximum Gasteiger partial charge on any atom is 0.132 e. The first-order valence-electron chi connectivity index (χ1n) is 8.97. The molecule has 2 atom stereocenters. The summed E-state index contributed by atoms with van der Waals surface area (Å²) in [7, 11) is 0.